The lowest BCUT2D eigenvalue weighted by Gasteiger charge is -2.38. The third kappa shape index (κ3) is 6.60. The minimum atomic E-state index is -0.309. The molecule has 0 amide bonds. The Labute approximate surface area is 249 Å². The molecule has 1 N–H and O–H groups in total. The molecule has 1 saturated carbocycles. The maximum absolute atomic E-state index is 12.5. The van der Waals surface area contributed by atoms with Crippen molar-refractivity contribution in [3.05, 3.63) is 59.7 Å². The molecule has 0 atom stereocenters. The summed E-state index contributed by atoms with van der Waals surface area (Å²) >= 11 is 0. The van der Waals surface area contributed by atoms with Gasteiger partial charge in [0, 0.05) is 44.3 Å². The fourth-order valence-electron chi connectivity index (χ4n) is 6.67. The molecular weight excluding hydrogens is 526 g/mol. The van der Waals surface area contributed by atoms with Crippen LogP contribution in [0.4, 0.5) is 6.01 Å². The number of piperazine rings is 1. The Balaban J connectivity index is 1.12. The fraction of sp³-hybridized carbons (Fsp3) is 0.500. The Morgan fingerprint density at radius 1 is 0.905 bits per heavy atom. The van der Waals surface area contributed by atoms with E-state index in [1.807, 2.05) is 24.3 Å². The molecule has 2 fully saturated rings. The van der Waals surface area contributed by atoms with Crippen molar-refractivity contribution < 1.29 is 14.1 Å². The summed E-state index contributed by atoms with van der Waals surface area (Å²) in [6.45, 7) is 5.66. The average Bonchev–Trinajstić information content (AvgIpc) is 3.59. The molecule has 3 aliphatic rings. The molecule has 8 nitrogen and oxygen atoms in total. The lowest BCUT2D eigenvalue weighted by atomic mass is 9.91. The first-order valence-corrected chi connectivity index (χ1v) is 15.8. The summed E-state index contributed by atoms with van der Waals surface area (Å²) in [4.78, 5) is 22.2. The van der Waals surface area contributed by atoms with Crippen LogP contribution in [-0.4, -0.2) is 73.4 Å². The zero-order chi connectivity index (χ0) is 28.7. The standard InChI is InChI=1S/C34H43N5O3/c1-41-33(40)30-15-14-28(24-31(30)26-16-18-35-19-17-26)25-10-12-27(13-11-25)32-36-34(42-37-32)39-22-20-38(21-23-39)29-8-6-4-2-3-5-7-9-29/h10-16,24,29,35H,2-9,17-23H2,1H3. The van der Waals surface area contributed by atoms with E-state index in [1.165, 1.54) is 64.0 Å². The van der Waals surface area contributed by atoms with Gasteiger partial charge >= 0.3 is 12.0 Å². The van der Waals surface area contributed by atoms with Gasteiger partial charge in [0.1, 0.15) is 0 Å². The largest absolute Gasteiger partial charge is 0.465 e. The maximum Gasteiger partial charge on any atom is 0.338 e. The molecule has 2 aromatic carbocycles. The van der Waals surface area contributed by atoms with Gasteiger partial charge in [0.15, 0.2) is 0 Å². The average molecular weight is 570 g/mol. The molecule has 222 valence electrons. The summed E-state index contributed by atoms with van der Waals surface area (Å²) in [7, 11) is 1.43. The van der Waals surface area contributed by atoms with E-state index in [-0.39, 0.29) is 5.97 Å². The quantitative estimate of drug-likeness (QED) is 0.352. The zero-order valence-electron chi connectivity index (χ0n) is 24.8. The van der Waals surface area contributed by atoms with E-state index in [1.54, 1.807) is 0 Å². The van der Waals surface area contributed by atoms with Crippen molar-refractivity contribution in [2.75, 3.05) is 51.3 Å². The maximum atomic E-state index is 12.5. The lowest BCUT2D eigenvalue weighted by molar-refractivity contribution is 0.0600. The van der Waals surface area contributed by atoms with E-state index >= 15 is 0 Å². The van der Waals surface area contributed by atoms with Crippen LogP contribution < -0.4 is 10.2 Å². The van der Waals surface area contributed by atoms with Crippen LogP contribution in [0.2, 0.25) is 0 Å². The predicted molar refractivity (Wildman–Crippen MR) is 166 cm³/mol. The minimum absolute atomic E-state index is 0.309. The van der Waals surface area contributed by atoms with Crippen LogP contribution in [0.15, 0.2) is 53.1 Å². The number of carbonyl (C=O) groups is 1. The number of carbonyl (C=O) groups excluding carboxylic acids is 1. The van der Waals surface area contributed by atoms with Crippen molar-refractivity contribution in [2.45, 2.75) is 63.8 Å². The highest BCUT2D eigenvalue weighted by atomic mass is 16.5. The first kappa shape index (κ1) is 28.6. The Kier molecular flexibility index (Phi) is 9.31. The molecule has 0 spiro atoms. The van der Waals surface area contributed by atoms with Crippen molar-refractivity contribution in [1.82, 2.24) is 20.4 Å². The van der Waals surface area contributed by atoms with E-state index in [4.69, 9.17) is 14.2 Å². The van der Waals surface area contributed by atoms with Gasteiger partial charge in [-0.25, -0.2) is 4.79 Å². The van der Waals surface area contributed by atoms with Crippen molar-refractivity contribution >= 4 is 17.6 Å². The summed E-state index contributed by atoms with van der Waals surface area (Å²) in [5.74, 6) is 0.299. The third-order valence-electron chi connectivity index (χ3n) is 9.15. The predicted octanol–water partition coefficient (Wildman–Crippen LogP) is 6.19. The van der Waals surface area contributed by atoms with Gasteiger partial charge in [0.2, 0.25) is 5.82 Å². The Bertz CT molecular complexity index is 1360. The third-order valence-corrected chi connectivity index (χ3v) is 9.15. The Morgan fingerprint density at radius 2 is 1.60 bits per heavy atom. The Morgan fingerprint density at radius 3 is 2.29 bits per heavy atom. The molecule has 0 radical (unpaired) electrons. The number of nitrogens with one attached hydrogen (secondary N) is 1. The SMILES string of the molecule is COC(=O)c1ccc(-c2ccc(-c3noc(N4CCN(C5CCCCCCCC5)CC4)n3)cc2)cc1C1=CCNCC1. The first-order chi connectivity index (χ1) is 20.7. The summed E-state index contributed by atoms with van der Waals surface area (Å²) in [5, 5.41) is 7.66. The highest BCUT2D eigenvalue weighted by molar-refractivity contribution is 5.96. The molecule has 2 aliphatic heterocycles. The number of ether oxygens (including phenoxy) is 1. The van der Waals surface area contributed by atoms with Crippen molar-refractivity contribution in [2.24, 2.45) is 0 Å². The van der Waals surface area contributed by atoms with E-state index in [0.29, 0.717) is 17.4 Å². The van der Waals surface area contributed by atoms with Crippen LogP contribution in [-0.2, 0) is 4.74 Å². The second kappa shape index (κ2) is 13.7. The molecular formula is C34H43N5O3. The number of anilines is 1. The van der Waals surface area contributed by atoms with Crippen molar-refractivity contribution in [3.8, 4) is 22.5 Å². The first-order valence-electron chi connectivity index (χ1n) is 15.8. The minimum Gasteiger partial charge on any atom is -0.465 e. The number of rotatable bonds is 6. The van der Waals surface area contributed by atoms with Crippen LogP contribution >= 0.6 is 0 Å². The number of nitrogens with zero attached hydrogens (tertiary/aromatic N) is 4. The van der Waals surface area contributed by atoms with Crippen LogP contribution in [0.25, 0.3) is 28.1 Å². The second-order valence-electron chi connectivity index (χ2n) is 11.8. The van der Waals surface area contributed by atoms with Crippen LogP contribution in [0.5, 0.6) is 0 Å². The van der Waals surface area contributed by atoms with Crippen LogP contribution in [0.1, 0.15) is 73.7 Å². The van der Waals surface area contributed by atoms with E-state index < -0.39 is 0 Å². The number of hydrogen-bond acceptors (Lipinski definition) is 8. The van der Waals surface area contributed by atoms with Crippen LogP contribution in [0, 0.1) is 0 Å². The smallest absolute Gasteiger partial charge is 0.338 e. The van der Waals surface area contributed by atoms with Gasteiger partial charge in [-0.15, -0.1) is 0 Å². The number of methoxy groups -OCH3 is 1. The molecule has 42 heavy (non-hydrogen) atoms. The van der Waals surface area contributed by atoms with Gasteiger partial charge in [0.05, 0.1) is 12.7 Å². The highest BCUT2D eigenvalue weighted by Gasteiger charge is 2.26. The molecule has 1 aliphatic carbocycles. The van der Waals surface area contributed by atoms with E-state index in [2.05, 4.69) is 44.5 Å². The van der Waals surface area contributed by atoms with Gasteiger partial charge in [-0.1, -0.05) is 80.1 Å². The molecule has 0 unspecified atom stereocenters. The summed E-state index contributed by atoms with van der Waals surface area (Å²) < 4.78 is 10.8. The molecule has 8 heteroatoms. The van der Waals surface area contributed by atoms with Gasteiger partial charge < -0.3 is 19.5 Å². The topological polar surface area (TPSA) is 83.7 Å². The van der Waals surface area contributed by atoms with Gasteiger partial charge in [-0.2, -0.15) is 4.98 Å². The second-order valence-corrected chi connectivity index (χ2v) is 11.8. The number of benzene rings is 2. The Hall–Kier alpha value is -3.49. The van der Waals surface area contributed by atoms with Crippen molar-refractivity contribution in [3.63, 3.8) is 0 Å². The molecule has 3 aromatic rings. The van der Waals surface area contributed by atoms with E-state index in [9.17, 15) is 4.79 Å². The lowest BCUT2D eigenvalue weighted by Crippen LogP contribution is -2.50. The molecule has 1 aromatic heterocycles. The number of esters is 1. The molecule has 0 bridgehead atoms. The highest BCUT2D eigenvalue weighted by Crippen LogP contribution is 2.31. The molecule has 1 saturated heterocycles. The summed E-state index contributed by atoms with van der Waals surface area (Å²) in [5.41, 5.74) is 5.76. The molecule has 6 rings (SSSR count). The van der Waals surface area contributed by atoms with Gasteiger partial charge in [-0.3, -0.25) is 4.90 Å². The van der Waals surface area contributed by atoms with Crippen molar-refractivity contribution in [1.29, 1.82) is 0 Å². The van der Waals surface area contributed by atoms with Gasteiger partial charge in [0.25, 0.3) is 0 Å². The number of aromatic nitrogens is 2. The summed E-state index contributed by atoms with van der Waals surface area (Å²) in [6, 6.07) is 15.5. The van der Waals surface area contributed by atoms with Gasteiger partial charge in [-0.05, 0) is 60.2 Å². The fourth-order valence-corrected chi connectivity index (χ4v) is 6.67. The van der Waals surface area contributed by atoms with E-state index in [0.717, 1.165) is 74.0 Å². The normalized spacial score (nSPS) is 19.5. The summed E-state index contributed by atoms with van der Waals surface area (Å²) in [6.07, 6.45) is 14.0. The van der Waals surface area contributed by atoms with Crippen LogP contribution in [0.3, 0.4) is 0 Å². The zero-order valence-corrected chi connectivity index (χ0v) is 24.8. The molecule has 3 heterocycles. The number of hydrogen-bond donors (Lipinski definition) is 1. The monoisotopic (exact) mass is 569 g/mol.